The SMILES string of the molecule is COc1ccc(C(=O)N2CCOC(C)C2)cc1N. The van der Waals surface area contributed by atoms with Crippen molar-refractivity contribution in [2.75, 3.05) is 32.5 Å². The Morgan fingerprint density at radius 1 is 1.56 bits per heavy atom. The third-order valence-corrected chi connectivity index (χ3v) is 3.00. The van der Waals surface area contributed by atoms with E-state index in [9.17, 15) is 4.79 Å². The standard InChI is InChI=1S/C13H18N2O3/c1-9-8-15(5-6-18-9)13(16)10-3-4-12(17-2)11(14)7-10/h3-4,7,9H,5-6,8,14H2,1-2H3. The van der Waals surface area contributed by atoms with Crippen molar-refractivity contribution in [3.05, 3.63) is 23.8 Å². The Kier molecular flexibility index (Phi) is 3.72. The first-order valence-electron chi connectivity index (χ1n) is 5.96. The minimum atomic E-state index is -0.0143. The Bertz CT molecular complexity index is 448. The summed E-state index contributed by atoms with van der Waals surface area (Å²) in [5.74, 6) is 0.571. The molecule has 0 radical (unpaired) electrons. The Morgan fingerprint density at radius 3 is 2.94 bits per heavy atom. The van der Waals surface area contributed by atoms with Crippen LogP contribution in [-0.4, -0.2) is 43.7 Å². The second kappa shape index (κ2) is 5.27. The zero-order valence-corrected chi connectivity index (χ0v) is 10.7. The van der Waals surface area contributed by atoms with E-state index in [1.165, 1.54) is 0 Å². The van der Waals surface area contributed by atoms with Crippen LogP contribution >= 0.6 is 0 Å². The molecule has 1 saturated heterocycles. The molecule has 1 unspecified atom stereocenters. The molecule has 5 nitrogen and oxygen atoms in total. The van der Waals surface area contributed by atoms with Crippen molar-refractivity contribution >= 4 is 11.6 Å². The molecule has 1 fully saturated rings. The van der Waals surface area contributed by atoms with Gasteiger partial charge in [-0.2, -0.15) is 0 Å². The number of nitrogen functional groups attached to an aromatic ring is 1. The summed E-state index contributed by atoms with van der Waals surface area (Å²) in [7, 11) is 1.55. The maximum atomic E-state index is 12.3. The average Bonchev–Trinajstić information content (AvgIpc) is 2.37. The van der Waals surface area contributed by atoms with Crippen LogP contribution in [0.4, 0.5) is 5.69 Å². The zero-order valence-electron chi connectivity index (χ0n) is 10.7. The van der Waals surface area contributed by atoms with E-state index >= 15 is 0 Å². The largest absolute Gasteiger partial charge is 0.495 e. The van der Waals surface area contributed by atoms with Crippen LogP contribution in [0.1, 0.15) is 17.3 Å². The van der Waals surface area contributed by atoms with Crippen LogP contribution in [0.3, 0.4) is 0 Å². The Labute approximate surface area is 106 Å². The molecule has 5 heteroatoms. The van der Waals surface area contributed by atoms with E-state index < -0.39 is 0 Å². The fourth-order valence-corrected chi connectivity index (χ4v) is 2.05. The van der Waals surface area contributed by atoms with Gasteiger partial charge in [0.05, 0.1) is 25.5 Å². The number of carbonyl (C=O) groups is 1. The topological polar surface area (TPSA) is 64.8 Å². The van der Waals surface area contributed by atoms with Gasteiger partial charge < -0.3 is 20.1 Å². The molecule has 98 valence electrons. The van der Waals surface area contributed by atoms with Crippen LogP contribution in [0.15, 0.2) is 18.2 Å². The number of methoxy groups -OCH3 is 1. The maximum Gasteiger partial charge on any atom is 0.254 e. The van der Waals surface area contributed by atoms with Crippen molar-refractivity contribution in [3.8, 4) is 5.75 Å². The summed E-state index contributed by atoms with van der Waals surface area (Å²) < 4.78 is 10.5. The Balaban J connectivity index is 2.15. The molecule has 1 aliphatic heterocycles. The predicted molar refractivity (Wildman–Crippen MR) is 68.7 cm³/mol. The number of hydrogen-bond acceptors (Lipinski definition) is 4. The van der Waals surface area contributed by atoms with Crippen LogP contribution in [0, 0.1) is 0 Å². The molecule has 1 heterocycles. The fraction of sp³-hybridized carbons (Fsp3) is 0.462. The molecule has 0 aliphatic carbocycles. The number of benzene rings is 1. The van der Waals surface area contributed by atoms with Gasteiger partial charge in [0, 0.05) is 18.7 Å². The minimum absolute atomic E-state index is 0.0143. The second-order valence-electron chi connectivity index (χ2n) is 4.39. The Morgan fingerprint density at radius 2 is 2.33 bits per heavy atom. The second-order valence-corrected chi connectivity index (χ2v) is 4.39. The van der Waals surface area contributed by atoms with E-state index in [4.69, 9.17) is 15.2 Å². The highest BCUT2D eigenvalue weighted by molar-refractivity contribution is 5.95. The number of carbonyl (C=O) groups excluding carboxylic acids is 1. The summed E-state index contributed by atoms with van der Waals surface area (Å²) in [4.78, 5) is 14.1. The van der Waals surface area contributed by atoms with Gasteiger partial charge in [0.1, 0.15) is 5.75 Å². The number of ether oxygens (including phenoxy) is 2. The van der Waals surface area contributed by atoms with Gasteiger partial charge in [-0.15, -0.1) is 0 Å². The molecule has 0 bridgehead atoms. The first kappa shape index (κ1) is 12.7. The van der Waals surface area contributed by atoms with Crippen LogP contribution in [-0.2, 0) is 4.74 Å². The smallest absolute Gasteiger partial charge is 0.254 e. The van der Waals surface area contributed by atoms with E-state index in [1.54, 1.807) is 30.2 Å². The van der Waals surface area contributed by atoms with Gasteiger partial charge in [-0.05, 0) is 25.1 Å². The molecule has 0 aromatic heterocycles. The molecule has 2 N–H and O–H groups in total. The predicted octanol–water partition coefficient (Wildman–Crippen LogP) is 1.14. The number of morpholine rings is 1. The van der Waals surface area contributed by atoms with Crippen LogP contribution < -0.4 is 10.5 Å². The number of rotatable bonds is 2. The lowest BCUT2D eigenvalue weighted by Crippen LogP contribution is -2.44. The molecule has 18 heavy (non-hydrogen) atoms. The molecule has 1 atom stereocenters. The third-order valence-electron chi connectivity index (χ3n) is 3.00. The lowest BCUT2D eigenvalue weighted by molar-refractivity contribution is -0.0124. The summed E-state index contributed by atoms with van der Waals surface area (Å²) in [6.45, 7) is 3.78. The molecule has 1 aromatic carbocycles. The third kappa shape index (κ3) is 2.56. The number of nitrogens with two attached hydrogens (primary N) is 1. The molecule has 1 amide bonds. The first-order chi connectivity index (χ1) is 8.61. The van der Waals surface area contributed by atoms with E-state index in [2.05, 4.69) is 0 Å². The van der Waals surface area contributed by atoms with Gasteiger partial charge in [0.15, 0.2) is 0 Å². The molecule has 1 aromatic rings. The van der Waals surface area contributed by atoms with Crippen molar-refractivity contribution < 1.29 is 14.3 Å². The molecule has 1 aliphatic rings. The zero-order chi connectivity index (χ0) is 13.1. The molecular weight excluding hydrogens is 232 g/mol. The normalized spacial score (nSPS) is 19.7. The van der Waals surface area contributed by atoms with Gasteiger partial charge in [0.2, 0.25) is 0 Å². The summed E-state index contributed by atoms with van der Waals surface area (Å²) in [5, 5.41) is 0. The van der Waals surface area contributed by atoms with E-state index in [1.807, 2.05) is 6.92 Å². The van der Waals surface area contributed by atoms with Crippen molar-refractivity contribution in [2.45, 2.75) is 13.0 Å². The lowest BCUT2D eigenvalue weighted by Gasteiger charge is -2.31. The highest BCUT2D eigenvalue weighted by Gasteiger charge is 2.22. The average molecular weight is 250 g/mol. The summed E-state index contributed by atoms with van der Waals surface area (Å²) in [6, 6.07) is 5.10. The van der Waals surface area contributed by atoms with Crippen molar-refractivity contribution in [1.82, 2.24) is 4.90 Å². The number of hydrogen-bond donors (Lipinski definition) is 1. The highest BCUT2D eigenvalue weighted by Crippen LogP contribution is 2.23. The van der Waals surface area contributed by atoms with E-state index in [-0.39, 0.29) is 12.0 Å². The summed E-state index contributed by atoms with van der Waals surface area (Å²) in [6.07, 6.45) is 0.0818. The van der Waals surface area contributed by atoms with Gasteiger partial charge >= 0.3 is 0 Å². The molecular formula is C13H18N2O3. The van der Waals surface area contributed by atoms with E-state index in [0.717, 1.165) is 0 Å². The van der Waals surface area contributed by atoms with E-state index in [0.29, 0.717) is 36.7 Å². The highest BCUT2D eigenvalue weighted by atomic mass is 16.5. The van der Waals surface area contributed by atoms with Crippen molar-refractivity contribution in [2.24, 2.45) is 0 Å². The van der Waals surface area contributed by atoms with Crippen molar-refractivity contribution in [1.29, 1.82) is 0 Å². The van der Waals surface area contributed by atoms with Gasteiger partial charge in [0.25, 0.3) is 5.91 Å². The number of anilines is 1. The summed E-state index contributed by atoms with van der Waals surface area (Å²) >= 11 is 0. The minimum Gasteiger partial charge on any atom is -0.495 e. The monoisotopic (exact) mass is 250 g/mol. The van der Waals surface area contributed by atoms with Crippen LogP contribution in [0.5, 0.6) is 5.75 Å². The van der Waals surface area contributed by atoms with Gasteiger partial charge in [-0.3, -0.25) is 4.79 Å². The lowest BCUT2D eigenvalue weighted by atomic mass is 10.1. The quantitative estimate of drug-likeness (QED) is 0.799. The fourth-order valence-electron chi connectivity index (χ4n) is 2.05. The number of amides is 1. The molecule has 0 saturated carbocycles. The Hall–Kier alpha value is -1.75. The van der Waals surface area contributed by atoms with Crippen LogP contribution in [0.25, 0.3) is 0 Å². The molecule has 2 rings (SSSR count). The number of nitrogens with zero attached hydrogens (tertiary/aromatic N) is 1. The van der Waals surface area contributed by atoms with Gasteiger partial charge in [-0.1, -0.05) is 0 Å². The summed E-state index contributed by atoms with van der Waals surface area (Å²) in [5.41, 5.74) is 6.87. The van der Waals surface area contributed by atoms with Gasteiger partial charge in [-0.25, -0.2) is 0 Å². The maximum absolute atomic E-state index is 12.3. The first-order valence-corrected chi connectivity index (χ1v) is 5.96. The molecule has 0 spiro atoms. The van der Waals surface area contributed by atoms with Crippen LogP contribution in [0.2, 0.25) is 0 Å². The van der Waals surface area contributed by atoms with Crippen molar-refractivity contribution in [3.63, 3.8) is 0 Å².